The van der Waals surface area contributed by atoms with E-state index < -0.39 is 0 Å². The van der Waals surface area contributed by atoms with Crippen molar-refractivity contribution in [2.45, 2.75) is 19.3 Å². The Kier molecular flexibility index (Phi) is 2.55. The van der Waals surface area contributed by atoms with Gasteiger partial charge in [0, 0.05) is 4.88 Å². The first kappa shape index (κ1) is 9.29. The number of rotatable bonds is 2. The fourth-order valence-electron chi connectivity index (χ4n) is 1.66. The molecular weight excluding hydrogens is 194 g/mol. The second kappa shape index (κ2) is 3.85. The van der Waals surface area contributed by atoms with Gasteiger partial charge in [0.2, 0.25) is 0 Å². The lowest BCUT2D eigenvalue weighted by Gasteiger charge is -1.96. The smallest absolute Gasteiger partial charge is 0.262 e. The number of terminal acetylenes is 1. The number of carbonyl (C=O) groups is 1. The molecule has 1 heterocycles. The summed E-state index contributed by atoms with van der Waals surface area (Å²) in [5, 5.41) is 2.67. The summed E-state index contributed by atoms with van der Waals surface area (Å²) < 4.78 is 0. The van der Waals surface area contributed by atoms with Crippen molar-refractivity contribution < 1.29 is 4.79 Å². The molecule has 1 aromatic heterocycles. The Balaban J connectivity index is 2.10. The van der Waals surface area contributed by atoms with Crippen LogP contribution in [0.2, 0.25) is 0 Å². The van der Waals surface area contributed by atoms with Gasteiger partial charge in [0.15, 0.2) is 0 Å². The van der Waals surface area contributed by atoms with Gasteiger partial charge in [-0.1, -0.05) is 5.92 Å². The number of aryl methyl sites for hydroxylation is 2. The average molecular weight is 205 g/mol. The Bertz CT molecular complexity index is 378. The van der Waals surface area contributed by atoms with Gasteiger partial charge in [-0.15, -0.1) is 17.8 Å². The van der Waals surface area contributed by atoms with Crippen molar-refractivity contribution in [3.05, 3.63) is 21.4 Å². The summed E-state index contributed by atoms with van der Waals surface area (Å²) in [7, 11) is 0. The molecule has 2 nitrogen and oxygen atoms in total. The predicted octanol–water partition coefficient (Wildman–Crippen LogP) is 1.60. The van der Waals surface area contributed by atoms with Crippen molar-refractivity contribution >= 4 is 17.2 Å². The summed E-state index contributed by atoms with van der Waals surface area (Å²) in [5.74, 6) is 2.35. The van der Waals surface area contributed by atoms with Gasteiger partial charge in [-0.3, -0.25) is 4.79 Å². The summed E-state index contributed by atoms with van der Waals surface area (Å²) in [6.45, 7) is 0.307. The van der Waals surface area contributed by atoms with Gasteiger partial charge < -0.3 is 5.32 Å². The van der Waals surface area contributed by atoms with E-state index in [9.17, 15) is 4.79 Å². The topological polar surface area (TPSA) is 29.1 Å². The molecule has 0 fully saturated rings. The van der Waals surface area contributed by atoms with E-state index >= 15 is 0 Å². The highest BCUT2D eigenvalue weighted by atomic mass is 32.1. The second-order valence-corrected chi connectivity index (χ2v) is 4.44. The van der Waals surface area contributed by atoms with Gasteiger partial charge in [0.05, 0.1) is 11.4 Å². The van der Waals surface area contributed by atoms with Gasteiger partial charge in [0.25, 0.3) is 5.91 Å². The number of fused-ring (bicyclic) bond motifs is 1. The molecule has 72 valence electrons. The first-order valence-electron chi connectivity index (χ1n) is 4.64. The molecule has 1 amide bonds. The van der Waals surface area contributed by atoms with Crippen LogP contribution in [-0.2, 0) is 12.8 Å². The summed E-state index contributed by atoms with van der Waals surface area (Å²) in [5.41, 5.74) is 1.35. The van der Waals surface area contributed by atoms with Crippen LogP contribution in [0.4, 0.5) is 0 Å². The van der Waals surface area contributed by atoms with Crippen LogP contribution >= 0.6 is 11.3 Å². The zero-order valence-electron chi connectivity index (χ0n) is 7.80. The molecule has 3 heteroatoms. The molecule has 1 aliphatic rings. The lowest BCUT2D eigenvalue weighted by atomic mass is 10.2. The van der Waals surface area contributed by atoms with Crippen LogP contribution in [0.1, 0.15) is 26.5 Å². The fraction of sp³-hybridized carbons (Fsp3) is 0.364. The fourth-order valence-corrected chi connectivity index (χ4v) is 2.83. The van der Waals surface area contributed by atoms with Crippen molar-refractivity contribution in [1.29, 1.82) is 0 Å². The predicted molar refractivity (Wildman–Crippen MR) is 57.5 cm³/mol. The Morgan fingerprint density at radius 3 is 3.21 bits per heavy atom. The van der Waals surface area contributed by atoms with E-state index in [0.29, 0.717) is 6.54 Å². The summed E-state index contributed by atoms with van der Waals surface area (Å²) in [6, 6.07) is 2.00. The van der Waals surface area contributed by atoms with Gasteiger partial charge in [-0.2, -0.15) is 0 Å². The quantitative estimate of drug-likeness (QED) is 0.730. The Labute approximate surface area is 87.3 Å². The van der Waals surface area contributed by atoms with Gasteiger partial charge in [-0.25, -0.2) is 0 Å². The molecule has 0 unspecified atom stereocenters. The number of hydrogen-bond acceptors (Lipinski definition) is 2. The molecule has 0 aliphatic heterocycles. The SMILES string of the molecule is C#CCNC(=O)c1cc2c(s1)CCC2. The lowest BCUT2D eigenvalue weighted by Crippen LogP contribution is -2.22. The molecule has 0 saturated heterocycles. The molecule has 1 N–H and O–H groups in total. The maximum Gasteiger partial charge on any atom is 0.262 e. The van der Waals surface area contributed by atoms with Gasteiger partial charge in [-0.05, 0) is 30.9 Å². The van der Waals surface area contributed by atoms with Gasteiger partial charge in [0.1, 0.15) is 0 Å². The maximum absolute atomic E-state index is 11.5. The average Bonchev–Trinajstić information content (AvgIpc) is 2.72. The summed E-state index contributed by atoms with van der Waals surface area (Å²) >= 11 is 1.60. The van der Waals surface area contributed by atoms with Gasteiger partial charge >= 0.3 is 0 Å². The van der Waals surface area contributed by atoms with Crippen molar-refractivity contribution in [1.82, 2.24) is 5.32 Å². The molecule has 0 saturated carbocycles. The van der Waals surface area contributed by atoms with Crippen LogP contribution in [0, 0.1) is 12.3 Å². The third-order valence-corrected chi connectivity index (χ3v) is 3.56. The molecule has 1 aromatic rings. The highest BCUT2D eigenvalue weighted by Gasteiger charge is 2.17. The minimum atomic E-state index is -0.0395. The minimum Gasteiger partial charge on any atom is -0.340 e. The lowest BCUT2D eigenvalue weighted by molar-refractivity contribution is 0.0962. The van der Waals surface area contributed by atoms with Crippen molar-refractivity contribution in [2.75, 3.05) is 6.54 Å². The second-order valence-electron chi connectivity index (χ2n) is 3.30. The van der Waals surface area contributed by atoms with Crippen LogP contribution < -0.4 is 5.32 Å². The van der Waals surface area contributed by atoms with E-state index in [4.69, 9.17) is 6.42 Å². The third kappa shape index (κ3) is 1.66. The largest absolute Gasteiger partial charge is 0.340 e. The number of carbonyl (C=O) groups excluding carboxylic acids is 1. The van der Waals surface area contributed by atoms with E-state index in [2.05, 4.69) is 11.2 Å². The summed E-state index contributed by atoms with van der Waals surface area (Å²) in [6.07, 6.45) is 8.54. The molecule has 0 aromatic carbocycles. The Morgan fingerprint density at radius 2 is 2.50 bits per heavy atom. The zero-order chi connectivity index (χ0) is 9.97. The first-order valence-corrected chi connectivity index (χ1v) is 5.46. The standard InChI is InChI=1S/C11H11NOS/c1-2-6-12-11(13)10-7-8-4-3-5-9(8)14-10/h1,7H,3-6H2,(H,12,13). The van der Waals surface area contributed by atoms with Crippen molar-refractivity contribution in [2.24, 2.45) is 0 Å². The molecule has 1 aliphatic carbocycles. The van der Waals surface area contributed by atoms with Crippen LogP contribution in [0.15, 0.2) is 6.07 Å². The van der Waals surface area contributed by atoms with Crippen molar-refractivity contribution in [3.63, 3.8) is 0 Å². The highest BCUT2D eigenvalue weighted by molar-refractivity contribution is 7.14. The highest BCUT2D eigenvalue weighted by Crippen LogP contribution is 2.30. The van der Waals surface area contributed by atoms with E-state index in [1.807, 2.05) is 6.07 Å². The van der Waals surface area contributed by atoms with E-state index in [1.54, 1.807) is 11.3 Å². The minimum absolute atomic E-state index is 0.0395. The Morgan fingerprint density at radius 1 is 1.64 bits per heavy atom. The van der Waals surface area contributed by atoms with E-state index in [-0.39, 0.29) is 5.91 Å². The number of thiophene rings is 1. The third-order valence-electron chi connectivity index (χ3n) is 2.32. The molecular formula is C11H11NOS. The molecule has 14 heavy (non-hydrogen) atoms. The monoisotopic (exact) mass is 205 g/mol. The maximum atomic E-state index is 11.5. The van der Waals surface area contributed by atoms with E-state index in [1.165, 1.54) is 16.9 Å². The molecule has 0 bridgehead atoms. The molecule has 2 rings (SSSR count). The normalized spacial score (nSPS) is 13.4. The number of nitrogens with one attached hydrogen (secondary N) is 1. The number of hydrogen-bond donors (Lipinski definition) is 1. The Hall–Kier alpha value is -1.27. The van der Waals surface area contributed by atoms with Crippen molar-refractivity contribution in [3.8, 4) is 12.3 Å². The zero-order valence-corrected chi connectivity index (χ0v) is 8.62. The van der Waals surface area contributed by atoms with Crippen LogP contribution in [0.5, 0.6) is 0 Å². The van der Waals surface area contributed by atoms with Crippen LogP contribution in [0.25, 0.3) is 0 Å². The molecule has 0 atom stereocenters. The summed E-state index contributed by atoms with van der Waals surface area (Å²) in [4.78, 5) is 13.7. The van der Waals surface area contributed by atoms with Crippen LogP contribution in [-0.4, -0.2) is 12.5 Å². The molecule has 0 spiro atoms. The van der Waals surface area contributed by atoms with E-state index in [0.717, 1.165) is 17.7 Å². The van der Waals surface area contributed by atoms with Crippen LogP contribution in [0.3, 0.4) is 0 Å². The molecule has 0 radical (unpaired) electrons. The number of amides is 1. The first-order chi connectivity index (χ1) is 6.81.